The maximum Gasteiger partial charge on any atom is 0.223 e. The van der Waals surface area contributed by atoms with E-state index in [4.69, 9.17) is 10.5 Å². The van der Waals surface area contributed by atoms with Crippen molar-refractivity contribution in [2.45, 2.75) is 13.3 Å². The second kappa shape index (κ2) is 8.82. The van der Waals surface area contributed by atoms with E-state index < -0.39 is 0 Å². The predicted molar refractivity (Wildman–Crippen MR) is 121 cm³/mol. The van der Waals surface area contributed by atoms with Gasteiger partial charge in [0.1, 0.15) is 11.6 Å². The molecule has 0 spiro atoms. The van der Waals surface area contributed by atoms with Crippen LogP contribution >= 0.6 is 0 Å². The highest BCUT2D eigenvalue weighted by atomic mass is 16.5. The normalized spacial score (nSPS) is 10.6. The smallest absolute Gasteiger partial charge is 0.223 e. The van der Waals surface area contributed by atoms with Crippen LogP contribution < -0.4 is 10.5 Å². The van der Waals surface area contributed by atoms with Crippen molar-refractivity contribution in [1.82, 2.24) is 14.5 Å². The Balaban J connectivity index is 1.74. The van der Waals surface area contributed by atoms with Crippen molar-refractivity contribution in [1.29, 1.82) is 5.26 Å². The number of hydrogen-bond acceptors (Lipinski definition) is 5. The molecule has 2 N–H and O–H groups in total. The van der Waals surface area contributed by atoms with Gasteiger partial charge < -0.3 is 15.0 Å². The van der Waals surface area contributed by atoms with Gasteiger partial charge in [0.25, 0.3) is 0 Å². The van der Waals surface area contributed by atoms with E-state index >= 15 is 0 Å². The van der Waals surface area contributed by atoms with E-state index in [-0.39, 0.29) is 0 Å². The second-order valence-electron chi connectivity index (χ2n) is 7.30. The van der Waals surface area contributed by atoms with Crippen molar-refractivity contribution in [3.63, 3.8) is 0 Å². The van der Waals surface area contributed by atoms with E-state index in [2.05, 4.69) is 28.2 Å². The molecule has 6 heteroatoms. The SMILES string of the molecule is Cc1nc(Oc2cc(C#N)ccc2-c2ccc(CCN)cc2)cc(-c2cccn2C)n1. The van der Waals surface area contributed by atoms with E-state index in [0.717, 1.165) is 28.9 Å². The summed E-state index contributed by atoms with van der Waals surface area (Å²) in [5.41, 5.74) is 11.0. The molecule has 0 aliphatic rings. The van der Waals surface area contributed by atoms with E-state index in [9.17, 15) is 5.26 Å². The lowest BCUT2D eigenvalue weighted by atomic mass is 10.0. The summed E-state index contributed by atoms with van der Waals surface area (Å²) in [4.78, 5) is 9.00. The minimum atomic E-state index is 0.430. The Kier molecular flexibility index (Phi) is 5.78. The molecule has 2 aromatic carbocycles. The molecule has 31 heavy (non-hydrogen) atoms. The first-order chi connectivity index (χ1) is 15.1. The molecule has 0 bridgehead atoms. The zero-order valence-electron chi connectivity index (χ0n) is 17.5. The van der Waals surface area contributed by atoms with Crippen molar-refractivity contribution >= 4 is 0 Å². The van der Waals surface area contributed by atoms with Crippen LogP contribution in [0.5, 0.6) is 11.6 Å². The fourth-order valence-electron chi connectivity index (χ4n) is 3.50. The number of nitrogens with zero attached hydrogens (tertiary/aromatic N) is 4. The Morgan fingerprint density at radius 2 is 1.87 bits per heavy atom. The highest BCUT2D eigenvalue weighted by Crippen LogP contribution is 2.35. The molecule has 0 unspecified atom stereocenters. The van der Waals surface area contributed by atoms with E-state index in [1.54, 1.807) is 12.1 Å². The van der Waals surface area contributed by atoms with Gasteiger partial charge in [-0.05, 0) is 61.3 Å². The predicted octanol–water partition coefficient (Wildman–Crippen LogP) is 4.62. The number of nitriles is 1. The van der Waals surface area contributed by atoms with Crippen LogP contribution in [0, 0.1) is 18.3 Å². The molecule has 0 atom stereocenters. The minimum absolute atomic E-state index is 0.430. The summed E-state index contributed by atoms with van der Waals surface area (Å²) in [6.45, 7) is 2.45. The molecule has 0 saturated heterocycles. The average molecular weight is 409 g/mol. The molecular weight excluding hydrogens is 386 g/mol. The Bertz CT molecular complexity index is 1250. The molecule has 4 aromatic rings. The van der Waals surface area contributed by atoms with Crippen molar-refractivity contribution in [3.8, 4) is 40.2 Å². The van der Waals surface area contributed by atoms with E-state index in [1.807, 2.05) is 61.1 Å². The second-order valence-corrected chi connectivity index (χ2v) is 7.30. The van der Waals surface area contributed by atoms with Crippen LogP contribution in [0.25, 0.3) is 22.5 Å². The monoisotopic (exact) mass is 409 g/mol. The Morgan fingerprint density at radius 3 is 2.55 bits per heavy atom. The van der Waals surface area contributed by atoms with Gasteiger partial charge in [0, 0.05) is 24.9 Å². The van der Waals surface area contributed by atoms with Crippen LogP contribution in [-0.4, -0.2) is 21.1 Å². The van der Waals surface area contributed by atoms with Gasteiger partial charge in [-0.2, -0.15) is 10.2 Å². The fraction of sp³-hybridized carbons (Fsp3) is 0.160. The molecule has 0 amide bonds. The van der Waals surface area contributed by atoms with E-state index in [1.165, 1.54) is 5.56 Å². The number of hydrogen-bond donors (Lipinski definition) is 1. The Morgan fingerprint density at radius 1 is 1.06 bits per heavy atom. The van der Waals surface area contributed by atoms with Gasteiger partial charge in [-0.1, -0.05) is 24.3 Å². The molecule has 0 saturated carbocycles. The lowest BCUT2D eigenvalue weighted by molar-refractivity contribution is 0.461. The van der Waals surface area contributed by atoms with Crippen LogP contribution in [0.15, 0.2) is 66.9 Å². The molecular formula is C25H23N5O. The third-order valence-electron chi connectivity index (χ3n) is 5.04. The molecule has 6 nitrogen and oxygen atoms in total. The van der Waals surface area contributed by atoms with Crippen molar-refractivity contribution in [2.24, 2.45) is 12.8 Å². The molecule has 154 valence electrons. The van der Waals surface area contributed by atoms with Crippen LogP contribution in [0.4, 0.5) is 0 Å². The first-order valence-corrected chi connectivity index (χ1v) is 10.1. The Labute approximate surface area is 181 Å². The van der Waals surface area contributed by atoms with Gasteiger partial charge in [-0.15, -0.1) is 0 Å². The lowest BCUT2D eigenvalue weighted by Gasteiger charge is -2.13. The number of aromatic nitrogens is 3. The summed E-state index contributed by atoms with van der Waals surface area (Å²) in [5.74, 6) is 1.61. The van der Waals surface area contributed by atoms with Crippen LogP contribution in [0.1, 0.15) is 17.0 Å². The fourth-order valence-corrected chi connectivity index (χ4v) is 3.50. The zero-order valence-corrected chi connectivity index (χ0v) is 17.5. The molecule has 4 rings (SSSR count). The third kappa shape index (κ3) is 4.47. The van der Waals surface area contributed by atoms with Crippen LogP contribution in [0.3, 0.4) is 0 Å². The molecule has 0 fully saturated rings. The Hall–Kier alpha value is -3.95. The molecule has 2 aromatic heterocycles. The minimum Gasteiger partial charge on any atom is -0.438 e. The van der Waals surface area contributed by atoms with Crippen molar-refractivity contribution in [3.05, 3.63) is 83.8 Å². The largest absolute Gasteiger partial charge is 0.438 e. The maximum atomic E-state index is 9.38. The summed E-state index contributed by atoms with van der Waals surface area (Å²) in [5, 5.41) is 9.38. The number of ether oxygens (including phenoxy) is 1. The molecule has 0 radical (unpaired) electrons. The van der Waals surface area contributed by atoms with E-state index in [0.29, 0.717) is 29.6 Å². The number of rotatable bonds is 6. The van der Waals surface area contributed by atoms with Gasteiger partial charge >= 0.3 is 0 Å². The topological polar surface area (TPSA) is 89.7 Å². The number of benzene rings is 2. The van der Waals surface area contributed by atoms with Gasteiger partial charge in [0.15, 0.2) is 0 Å². The lowest BCUT2D eigenvalue weighted by Crippen LogP contribution is -2.02. The van der Waals surface area contributed by atoms with Gasteiger partial charge in [0.2, 0.25) is 5.88 Å². The van der Waals surface area contributed by atoms with Crippen molar-refractivity contribution in [2.75, 3.05) is 6.54 Å². The maximum absolute atomic E-state index is 9.38. The number of aryl methyl sites for hydroxylation is 2. The first kappa shape index (κ1) is 20.3. The van der Waals surface area contributed by atoms with Gasteiger partial charge in [0.05, 0.1) is 23.0 Å². The first-order valence-electron chi connectivity index (χ1n) is 10.1. The average Bonchev–Trinajstić information content (AvgIpc) is 3.20. The molecule has 2 heterocycles. The van der Waals surface area contributed by atoms with Crippen LogP contribution in [0.2, 0.25) is 0 Å². The van der Waals surface area contributed by atoms with Crippen LogP contribution in [-0.2, 0) is 13.5 Å². The van der Waals surface area contributed by atoms with Gasteiger partial charge in [-0.3, -0.25) is 0 Å². The summed E-state index contributed by atoms with van der Waals surface area (Å²) >= 11 is 0. The van der Waals surface area contributed by atoms with Crippen molar-refractivity contribution < 1.29 is 4.74 Å². The summed E-state index contributed by atoms with van der Waals surface area (Å²) in [6.07, 6.45) is 2.80. The standard InChI is InChI=1S/C25H23N5O/c1-17-28-22(23-4-3-13-30(23)2)15-25(29-17)31-24-14-19(16-27)7-10-21(24)20-8-5-18(6-9-20)11-12-26/h3-10,13-15H,11-12,26H2,1-2H3. The van der Waals surface area contributed by atoms with Gasteiger partial charge in [-0.25, -0.2) is 4.98 Å². The molecule has 0 aliphatic carbocycles. The summed E-state index contributed by atoms with van der Waals surface area (Å²) in [7, 11) is 1.97. The highest BCUT2D eigenvalue weighted by Gasteiger charge is 2.13. The third-order valence-corrected chi connectivity index (χ3v) is 5.04. The molecule has 0 aliphatic heterocycles. The summed E-state index contributed by atoms with van der Waals surface area (Å²) < 4.78 is 8.21. The summed E-state index contributed by atoms with van der Waals surface area (Å²) in [6, 6.07) is 21.6. The number of nitrogens with two attached hydrogens (primary N) is 1. The zero-order chi connectivity index (χ0) is 21.8. The quantitative estimate of drug-likeness (QED) is 0.502. The highest BCUT2D eigenvalue weighted by molar-refractivity contribution is 5.72.